The van der Waals surface area contributed by atoms with Crippen LogP contribution in [0.15, 0.2) is 10.2 Å². The summed E-state index contributed by atoms with van der Waals surface area (Å²) >= 11 is 0. The van der Waals surface area contributed by atoms with Crippen molar-refractivity contribution in [2.24, 2.45) is 17.3 Å². The molecule has 24 heavy (non-hydrogen) atoms. The number of imidazole rings is 1. The van der Waals surface area contributed by atoms with Crippen molar-refractivity contribution < 1.29 is 4.79 Å². The second kappa shape index (κ2) is 6.39. The fraction of sp³-hybridized carbons (Fsp3) is 0.667. The van der Waals surface area contributed by atoms with E-state index in [9.17, 15) is 4.79 Å². The summed E-state index contributed by atoms with van der Waals surface area (Å²) in [6.07, 6.45) is 8.70. The maximum Gasteiger partial charge on any atom is 0.223 e. The minimum atomic E-state index is -0.376. The number of hydrogen-bond donors (Lipinski definition) is 0. The molecular weight excluding hydrogens is 302 g/mol. The standard InChI is InChI=1S/C18H25N5O/c1-5-6-9-18(20-21-18)10-7-16(24)23-11-8-15-14(12-23)19-17(13(2)3)22(15)4/h1,13H,6-12H2,2-4H3. The molecule has 0 N–H and O–H groups in total. The highest BCUT2D eigenvalue weighted by Gasteiger charge is 2.40. The summed E-state index contributed by atoms with van der Waals surface area (Å²) in [6.45, 7) is 5.67. The van der Waals surface area contributed by atoms with Crippen molar-refractivity contribution in [3.05, 3.63) is 17.2 Å². The van der Waals surface area contributed by atoms with E-state index in [1.54, 1.807) is 0 Å². The third-order valence-corrected chi connectivity index (χ3v) is 4.95. The number of terminal acetylenes is 1. The second-order valence-corrected chi connectivity index (χ2v) is 7.03. The molecule has 6 nitrogen and oxygen atoms in total. The van der Waals surface area contributed by atoms with Crippen LogP contribution in [0.25, 0.3) is 0 Å². The van der Waals surface area contributed by atoms with Gasteiger partial charge < -0.3 is 9.47 Å². The molecule has 6 heteroatoms. The molecule has 0 atom stereocenters. The Balaban J connectivity index is 1.58. The van der Waals surface area contributed by atoms with E-state index in [1.807, 2.05) is 4.90 Å². The summed E-state index contributed by atoms with van der Waals surface area (Å²) in [5.41, 5.74) is 1.93. The van der Waals surface area contributed by atoms with Crippen LogP contribution in [0.4, 0.5) is 0 Å². The molecule has 0 aliphatic carbocycles. The van der Waals surface area contributed by atoms with Gasteiger partial charge in [0, 0.05) is 57.3 Å². The molecule has 0 fully saturated rings. The zero-order chi connectivity index (χ0) is 17.3. The van der Waals surface area contributed by atoms with Gasteiger partial charge in [-0.2, -0.15) is 10.2 Å². The number of aromatic nitrogens is 2. The number of nitrogens with zero attached hydrogens (tertiary/aromatic N) is 5. The molecule has 128 valence electrons. The summed E-state index contributed by atoms with van der Waals surface area (Å²) < 4.78 is 2.19. The molecule has 0 saturated carbocycles. The zero-order valence-electron chi connectivity index (χ0n) is 14.7. The van der Waals surface area contributed by atoms with Crippen molar-refractivity contribution in [1.82, 2.24) is 14.5 Å². The number of rotatable bonds is 6. The predicted octanol–water partition coefficient (Wildman–Crippen LogP) is 2.78. The van der Waals surface area contributed by atoms with Crippen molar-refractivity contribution >= 4 is 5.91 Å². The van der Waals surface area contributed by atoms with E-state index >= 15 is 0 Å². The van der Waals surface area contributed by atoms with Crippen LogP contribution in [0.3, 0.4) is 0 Å². The fourth-order valence-corrected chi connectivity index (χ4v) is 3.41. The predicted molar refractivity (Wildman–Crippen MR) is 91.3 cm³/mol. The quantitative estimate of drug-likeness (QED) is 0.754. The smallest absolute Gasteiger partial charge is 0.223 e. The maximum atomic E-state index is 12.5. The Morgan fingerprint density at radius 3 is 2.75 bits per heavy atom. The van der Waals surface area contributed by atoms with Crippen LogP contribution in [0.2, 0.25) is 0 Å². The Morgan fingerprint density at radius 1 is 1.38 bits per heavy atom. The Morgan fingerprint density at radius 2 is 2.12 bits per heavy atom. The van der Waals surface area contributed by atoms with Gasteiger partial charge in [-0.3, -0.25) is 4.79 Å². The number of fused-ring (bicyclic) bond motifs is 1. The minimum Gasteiger partial charge on any atom is -0.336 e. The van der Waals surface area contributed by atoms with Gasteiger partial charge in [-0.1, -0.05) is 13.8 Å². The molecule has 0 aromatic carbocycles. The largest absolute Gasteiger partial charge is 0.336 e. The van der Waals surface area contributed by atoms with Gasteiger partial charge in [-0.05, 0) is 0 Å². The van der Waals surface area contributed by atoms with Crippen molar-refractivity contribution in [2.75, 3.05) is 6.54 Å². The van der Waals surface area contributed by atoms with Gasteiger partial charge in [0.2, 0.25) is 5.91 Å². The molecule has 3 rings (SSSR count). The van der Waals surface area contributed by atoms with E-state index in [2.05, 4.69) is 41.6 Å². The first-order valence-corrected chi connectivity index (χ1v) is 8.65. The number of carbonyl (C=O) groups is 1. The number of carbonyl (C=O) groups excluding carboxylic acids is 1. The van der Waals surface area contributed by atoms with Crippen molar-refractivity contribution in [3.8, 4) is 12.3 Å². The van der Waals surface area contributed by atoms with E-state index in [0.717, 1.165) is 30.9 Å². The van der Waals surface area contributed by atoms with E-state index in [-0.39, 0.29) is 11.6 Å². The van der Waals surface area contributed by atoms with Gasteiger partial charge in [0.15, 0.2) is 5.66 Å². The second-order valence-electron chi connectivity index (χ2n) is 7.03. The first kappa shape index (κ1) is 16.7. The number of amides is 1. The van der Waals surface area contributed by atoms with Crippen LogP contribution in [0.1, 0.15) is 62.7 Å². The molecule has 1 aromatic heterocycles. The van der Waals surface area contributed by atoms with E-state index in [4.69, 9.17) is 11.4 Å². The van der Waals surface area contributed by atoms with Crippen molar-refractivity contribution in [3.63, 3.8) is 0 Å². The molecule has 1 aromatic rings. The van der Waals surface area contributed by atoms with Gasteiger partial charge in [0.1, 0.15) is 5.82 Å². The summed E-state index contributed by atoms with van der Waals surface area (Å²) in [5, 5.41) is 8.20. The van der Waals surface area contributed by atoms with Crippen LogP contribution < -0.4 is 0 Å². The summed E-state index contributed by atoms with van der Waals surface area (Å²) in [6, 6.07) is 0. The van der Waals surface area contributed by atoms with Crippen LogP contribution >= 0.6 is 0 Å². The molecule has 3 heterocycles. The summed E-state index contributed by atoms with van der Waals surface area (Å²) in [5.74, 6) is 4.26. The molecule has 0 radical (unpaired) electrons. The average Bonchev–Trinajstić information content (AvgIpc) is 3.27. The monoisotopic (exact) mass is 327 g/mol. The topological polar surface area (TPSA) is 62.9 Å². The van der Waals surface area contributed by atoms with Crippen LogP contribution in [-0.4, -0.2) is 32.6 Å². The van der Waals surface area contributed by atoms with Crippen molar-refractivity contribution in [2.45, 2.75) is 64.1 Å². The molecular formula is C18H25N5O. The fourth-order valence-electron chi connectivity index (χ4n) is 3.41. The highest BCUT2D eigenvalue weighted by molar-refractivity contribution is 5.76. The molecule has 0 spiro atoms. The highest BCUT2D eigenvalue weighted by atomic mass is 16.2. The highest BCUT2D eigenvalue weighted by Crippen LogP contribution is 2.38. The average molecular weight is 327 g/mol. The maximum absolute atomic E-state index is 12.5. The third-order valence-electron chi connectivity index (χ3n) is 4.95. The summed E-state index contributed by atoms with van der Waals surface area (Å²) in [4.78, 5) is 19.2. The SMILES string of the molecule is C#CCCC1(CCC(=O)N2CCc3c(nc(C(C)C)n3C)C2)N=N1. The lowest BCUT2D eigenvalue weighted by molar-refractivity contribution is -0.132. The van der Waals surface area contributed by atoms with E-state index < -0.39 is 0 Å². The van der Waals surface area contributed by atoms with Crippen LogP contribution in [-0.2, 0) is 24.8 Å². The third kappa shape index (κ3) is 3.21. The lowest BCUT2D eigenvalue weighted by Gasteiger charge is -2.27. The van der Waals surface area contributed by atoms with Crippen molar-refractivity contribution in [1.29, 1.82) is 0 Å². The van der Waals surface area contributed by atoms with E-state index in [1.165, 1.54) is 5.69 Å². The van der Waals surface area contributed by atoms with E-state index in [0.29, 0.717) is 31.7 Å². The molecule has 2 aliphatic rings. The van der Waals surface area contributed by atoms with Crippen LogP contribution in [0.5, 0.6) is 0 Å². The summed E-state index contributed by atoms with van der Waals surface area (Å²) in [7, 11) is 2.07. The first-order valence-electron chi connectivity index (χ1n) is 8.65. The Bertz CT molecular complexity index is 704. The Labute approximate surface area is 143 Å². The van der Waals surface area contributed by atoms with Gasteiger partial charge in [-0.15, -0.1) is 12.3 Å². The normalized spacial score (nSPS) is 17.7. The molecule has 0 bridgehead atoms. The zero-order valence-corrected chi connectivity index (χ0v) is 14.7. The first-order chi connectivity index (χ1) is 11.5. The van der Waals surface area contributed by atoms with Gasteiger partial charge in [0.05, 0.1) is 12.2 Å². The van der Waals surface area contributed by atoms with Crippen LogP contribution in [0, 0.1) is 12.3 Å². The molecule has 2 aliphatic heterocycles. The number of hydrogen-bond acceptors (Lipinski definition) is 4. The van der Waals surface area contributed by atoms with Gasteiger partial charge in [0.25, 0.3) is 0 Å². The van der Waals surface area contributed by atoms with Gasteiger partial charge in [-0.25, -0.2) is 4.98 Å². The minimum absolute atomic E-state index is 0.162. The molecule has 0 saturated heterocycles. The lowest BCUT2D eigenvalue weighted by Crippen LogP contribution is -2.36. The Hall–Kier alpha value is -2.16. The Kier molecular flexibility index (Phi) is 4.44. The van der Waals surface area contributed by atoms with Gasteiger partial charge >= 0.3 is 0 Å². The lowest BCUT2D eigenvalue weighted by atomic mass is 10.0. The molecule has 1 amide bonds. The molecule has 0 unspecified atom stereocenters.